The van der Waals surface area contributed by atoms with Gasteiger partial charge in [-0.1, -0.05) is 29.8 Å². The molecule has 2 aromatic carbocycles. The highest BCUT2D eigenvalue weighted by Gasteiger charge is 2.27. The molecule has 9 heteroatoms. The van der Waals surface area contributed by atoms with Crippen molar-refractivity contribution in [3.05, 3.63) is 63.7 Å². The third kappa shape index (κ3) is 6.69. The molecule has 1 N–H and O–H groups in total. The van der Waals surface area contributed by atoms with Crippen LogP contribution in [0.4, 0.5) is 5.69 Å². The highest BCUT2D eigenvalue weighted by Crippen LogP contribution is 2.30. The molecule has 0 heterocycles. The zero-order chi connectivity index (χ0) is 23.8. The first-order valence-electron chi connectivity index (χ1n) is 10.2. The van der Waals surface area contributed by atoms with Crippen LogP contribution in [-0.4, -0.2) is 47.4 Å². The lowest BCUT2D eigenvalue weighted by atomic mass is 10.1. The fraction of sp³-hybridized carbons (Fsp3) is 0.391. The molecule has 9 nitrogen and oxygen atoms in total. The van der Waals surface area contributed by atoms with E-state index in [1.807, 2.05) is 45.0 Å². The van der Waals surface area contributed by atoms with Crippen molar-refractivity contribution in [2.24, 2.45) is 0 Å². The largest absolute Gasteiger partial charge is 0.490 e. The summed E-state index contributed by atoms with van der Waals surface area (Å²) in [7, 11) is 1.32. The Morgan fingerprint density at radius 2 is 1.88 bits per heavy atom. The van der Waals surface area contributed by atoms with E-state index in [9.17, 15) is 19.7 Å². The number of carbonyl (C=O) groups excluding carboxylic acids is 2. The Balaban J connectivity index is 2.20. The second kappa shape index (κ2) is 11.1. The third-order valence-corrected chi connectivity index (χ3v) is 4.74. The van der Waals surface area contributed by atoms with Crippen LogP contribution in [-0.2, 0) is 16.1 Å². The average Bonchev–Trinajstić information content (AvgIpc) is 2.74. The molecule has 0 aromatic heterocycles. The van der Waals surface area contributed by atoms with Crippen LogP contribution in [0.15, 0.2) is 42.5 Å². The number of nitrogens with zero attached hydrogens (tertiary/aromatic N) is 2. The summed E-state index contributed by atoms with van der Waals surface area (Å²) >= 11 is 0. The molecule has 0 unspecified atom stereocenters. The number of nitro groups is 1. The minimum atomic E-state index is -0.722. The molecule has 0 saturated carbocycles. The van der Waals surface area contributed by atoms with Gasteiger partial charge in [-0.2, -0.15) is 0 Å². The molecular formula is C23H29N3O6. The first-order chi connectivity index (χ1) is 15.1. The van der Waals surface area contributed by atoms with Crippen molar-refractivity contribution in [3.8, 4) is 11.5 Å². The van der Waals surface area contributed by atoms with Crippen molar-refractivity contribution in [1.29, 1.82) is 0 Å². The summed E-state index contributed by atoms with van der Waals surface area (Å²) in [5, 5.41) is 13.9. The first-order valence-corrected chi connectivity index (χ1v) is 10.2. The van der Waals surface area contributed by atoms with Crippen LogP contribution in [0, 0.1) is 17.0 Å². The van der Waals surface area contributed by atoms with E-state index in [-0.39, 0.29) is 42.3 Å². The van der Waals surface area contributed by atoms with Crippen LogP contribution >= 0.6 is 0 Å². The first kappa shape index (κ1) is 24.6. The van der Waals surface area contributed by atoms with Crippen molar-refractivity contribution in [3.63, 3.8) is 0 Å². The van der Waals surface area contributed by atoms with Crippen molar-refractivity contribution < 1.29 is 24.0 Å². The van der Waals surface area contributed by atoms with Gasteiger partial charge in [0.25, 0.3) is 5.91 Å². The smallest absolute Gasteiger partial charge is 0.311 e. The number of ether oxygens (including phenoxy) is 2. The van der Waals surface area contributed by atoms with Crippen LogP contribution in [0.25, 0.3) is 0 Å². The van der Waals surface area contributed by atoms with E-state index >= 15 is 0 Å². The zero-order valence-corrected chi connectivity index (χ0v) is 19.0. The molecule has 0 spiro atoms. The fourth-order valence-electron chi connectivity index (χ4n) is 3.12. The van der Waals surface area contributed by atoms with E-state index in [0.29, 0.717) is 0 Å². The van der Waals surface area contributed by atoms with Crippen LogP contribution in [0.5, 0.6) is 11.5 Å². The van der Waals surface area contributed by atoms with E-state index in [1.54, 1.807) is 6.92 Å². The topological polar surface area (TPSA) is 111 Å². The van der Waals surface area contributed by atoms with Crippen molar-refractivity contribution in [2.75, 3.05) is 13.7 Å². The minimum Gasteiger partial charge on any atom is -0.490 e. The number of amides is 2. The zero-order valence-electron chi connectivity index (χ0n) is 19.0. The Hall–Kier alpha value is -3.62. The van der Waals surface area contributed by atoms with Gasteiger partial charge in [-0.05, 0) is 39.3 Å². The summed E-state index contributed by atoms with van der Waals surface area (Å²) in [6.45, 7) is 7.22. The molecule has 32 heavy (non-hydrogen) atoms. The molecule has 0 radical (unpaired) electrons. The predicted molar refractivity (Wildman–Crippen MR) is 120 cm³/mol. The van der Waals surface area contributed by atoms with E-state index < -0.39 is 16.9 Å². The number of benzene rings is 2. The molecule has 1 atom stereocenters. The van der Waals surface area contributed by atoms with E-state index in [1.165, 1.54) is 30.2 Å². The molecule has 0 fully saturated rings. The maximum absolute atomic E-state index is 13.0. The van der Waals surface area contributed by atoms with Crippen LogP contribution < -0.4 is 14.8 Å². The molecular weight excluding hydrogens is 414 g/mol. The number of hydrogen-bond donors (Lipinski definition) is 1. The predicted octanol–water partition coefficient (Wildman–Crippen LogP) is 3.23. The van der Waals surface area contributed by atoms with Crippen LogP contribution in [0.1, 0.15) is 31.9 Å². The van der Waals surface area contributed by atoms with Crippen molar-refractivity contribution in [1.82, 2.24) is 10.2 Å². The van der Waals surface area contributed by atoms with Crippen LogP contribution in [0.2, 0.25) is 0 Å². The normalized spacial score (nSPS) is 11.6. The fourth-order valence-corrected chi connectivity index (χ4v) is 3.12. The van der Waals surface area contributed by atoms with Gasteiger partial charge in [0, 0.05) is 24.7 Å². The SMILES string of the molecule is COc1cc(OCC(=O)N(Cc2cccc(C)c2)[C@@H](C)C(=O)NC(C)C)ccc1[N+](=O)[O-]. The monoisotopic (exact) mass is 443 g/mol. The van der Waals surface area contributed by atoms with Crippen molar-refractivity contribution in [2.45, 2.75) is 46.3 Å². The van der Waals surface area contributed by atoms with Gasteiger partial charge >= 0.3 is 5.69 Å². The second-order valence-corrected chi connectivity index (χ2v) is 7.73. The Morgan fingerprint density at radius 3 is 2.47 bits per heavy atom. The standard InChI is InChI=1S/C23H29N3O6/c1-15(2)24-23(28)17(4)25(13-18-8-6-7-16(3)11-18)22(27)14-32-19-9-10-20(26(29)30)21(12-19)31-5/h6-12,15,17H,13-14H2,1-5H3,(H,24,28)/t17-/m0/s1. The maximum atomic E-state index is 13.0. The van der Waals surface area contributed by atoms with Gasteiger partial charge in [-0.15, -0.1) is 0 Å². The van der Waals surface area contributed by atoms with Gasteiger partial charge in [0.2, 0.25) is 11.7 Å². The summed E-state index contributed by atoms with van der Waals surface area (Å²) in [6, 6.07) is 10.9. The molecule has 0 saturated heterocycles. The van der Waals surface area contributed by atoms with Crippen molar-refractivity contribution >= 4 is 17.5 Å². The highest BCUT2D eigenvalue weighted by molar-refractivity contribution is 5.88. The average molecular weight is 444 g/mol. The number of carbonyl (C=O) groups is 2. The Bertz CT molecular complexity index is 976. The van der Waals surface area contributed by atoms with Crippen LogP contribution in [0.3, 0.4) is 0 Å². The molecule has 0 bridgehead atoms. The molecule has 172 valence electrons. The van der Waals surface area contributed by atoms with Gasteiger partial charge in [-0.3, -0.25) is 19.7 Å². The number of methoxy groups -OCH3 is 1. The molecule has 2 aromatic rings. The van der Waals surface area contributed by atoms with Gasteiger partial charge in [0.1, 0.15) is 11.8 Å². The van der Waals surface area contributed by atoms with E-state index in [4.69, 9.17) is 9.47 Å². The number of nitrogens with one attached hydrogen (secondary N) is 1. The summed E-state index contributed by atoms with van der Waals surface area (Å²) in [4.78, 5) is 37.6. The second-order valence-electron chi connectivity index (χ2n) is 7.73. The summed E-state index contributed by atoms with van der Waals surface area (Å²) in [5.41, 5.74) is 1.73. The quantitative estimate of drug-likeness (QED) is 0.446. The third-order valence-electron chi connectivity index (χ3n) is 4.74. The lowest BCUT2D eigenvalue weighted by Gasteiger charge is -2.29. The Labute approximate surface area is 187 Å². The number of nitro benzene ring substituents is 1. The molecule has 2 amide bonds. The lowest BCUT2D eigenvalue weighted by molar-refractivity contribution is -0.385. The van der Waals surface area contributed by atoms with Gasteiger partial charge < -0.3 is 19.7 Å². The summed E-state index contributed by atoms with van der Waals surface area (Å²) in [6.07, 6.45) is 0. The number of hydrogen-bond acceptors (Lipinski definition) is 6. The van der Waals surface area contributed by atoms with Gasteiger partial charge in [0.15, 0.2) is 6.61 Å². The molecule has 2 rings (SSSR count). The molecule has 0 aliphatic rings. The number of aryl methyl sites for hydroxylation is 1. The lowest BCUT2D eigenvalue weighted by Crippen LogP contribution is -2.50. The summed E-state index contributed by atoms with van der Waals surface area (Å²) in [5.74, 6) is -0.384. The Morgan fingerprint density at radius 1 is 1.16 bits per heavy atom. The van der Waals surface area contributed by atoms with Gasteiger partial charge in [-0.25, -0.2) is 0 Å². The maximum Gasteiger partial charge on any atom is 0.311 e. The highest BCUT2D eigenvalue weighted by atomic mass is 16.6. The van der Waals surface area contributed by atoms with E-state index in [0.717, 1.165) is 11.1 Å². The summed E-state index contributed by atoms with van der Waals surface area (Å²) < 4.78 is 10.6. The number of rotatable bonds is 10. The van der Waals surface area contributed by atoms with Gasteiger partial charge in [0.05, 0.1) is 12.0 Å². The minimum absolute atomic E-state index is 0.0289. The molecule has 0 aliphatic heterocycles. The Kier molecular flexibility index (Phi) is 8.57. The molecule has 0 aliphatic carbocycles. The van der Waals surface area contributed by atoms with E-state index in [2.05, 4.69) is 5.32 Å².